The summed E-state index contributed by atoms with van der Waals surface area (Å²) in [5.74, 6) is 1.02. The van der Waals surface area contributed by atoms with Crippen molar-refractivity contribution in [3.63, 3.8) is 0 Å². The molecule has 14 rings (SSSR count). The van der Waals surface area contributed by atoms with Crippen molar-refractivity contribution in [3.05, 3.63) is 193 Å². The molecular formula is C64H52N2S2. The molecule has 12 aromatic rings. The maximum Gasteiger partial charge on any atom is 0.0640 e. The molecule has 0 bridgehead atoms. The van der Waals surface area contributed by atoms with Crippen molar-refractivity contribution in [1.29, 1.82) is 0 Å². The fourth-order valence-electron chi connectivity index (χ4n) is 12.7. The van der Waals surface area contributed by atoms with Crippen LogP contribution in [0, 0.1) is 0 Å². The van der Waals surface area contributed by atoms with Crippen molar-refractivity contribution in [2.24, 2.45) is 0 Å². The van der Waals surface area contributed by atoms with Crippen LogP contribution in [0.5, 0.6) is 0 Å². The zero-order valence-corrected chi connectivity index (χ0v) is 39.9. The van der Waals surface area contributed by atoms with E-state index in [1.807, 2.05) is 22.7 Å². The van der Waals surface area contributed by atoms with Crippen molar-refractivity contribution >= 4 is 129 Å². The molecule has 0 spiro atoms. The summed E-state index contributed by atoms with van der Waals surface area (Å²) in [5, 5.41) is 13.7. The van der Waals surface area contributed by atoms with E-state index >= 15 is 0 Å². The average Bonchev–Trinajstić information content (AvgIpc) is 3.99. The van der Waals surface area contributed by atoms with Crippen LogP contribution in [-0.2, 0) is 0 Å². The molecule has 2 saturated carbocycles. The van der Waals surface area contributed by atoms with Gasteiger partial charge >= 0.3 is 0 Å². The van der Waals surface area contributed by atoms with Gasteiger partial charge in [-0.3, -0.25) is 0 Å². The highest BCUT2D eigenvalue weighted by Gasteiger charge is 2.30. The molecule has 68 heavy (non-hydrogen) atoms. The van der Waals surface area contributed by atoms with Gasteiger partial charge in [0.2, 0.25) is 0 Å². The van der Waals surface area contributed by atoms with Crippen LogP contribution in [0.15, 0.2) is 182 Å². The van der Waals surface area contributed by atoms with Crippen molar-refractivity contribution in [3.8, 4) is 0 Å². The lowest BCUT2D eigenvalue weighted by molar-refractivity contribution is 0.445. The number of rotatable bonds is 8. The second kappa shape index (κ2) is 16.5. The number of benzene rings is 10. The first-order valence-corrected chi connectivity index (χ1v) is 26.7. The molecule has 0 atom stereocenters. The molecule has 2 nitrogen and oxygen atoms in total. The SMILES string of the molecule is c1ccc(N(c2cc(C3CCCCC3)c3ccc4c(N(c5ccccc5)c5cccc6c5sc5ccccc56)cc(C5CCCCC5)c5ccc2c3c54)c2cccc3c2sc2ccccc23)cc1. The van der Waals surface area contributed by atoms with Crippen LogP contribution in [0.1, 0.15) is 87.2 Å². The first kappa shape index (κ1) is 40.4. The first-order valence-electron chi connectivity index (χ1n) is 25.1. The molecule has 2 aromatic heterocycles. The third-order valence-electron chi connectivity index (χ3n) is 15.8. The molecule has 2 fully saturated rings. The summed E-state index contributed by atoms with van der Waals surface area (Å²) in [6.07, 6.45) is 12.8. The van der Waals surface area contributed by atoms with Gasteiger partial charge in [0.25, 0.3) is 0 Å². The second-order valence-electron chi connectivity index (χ2n) is 19.6. The summed E-state index contributed by atoms with van der Waals surface area (Å²) in [4.78, 5) is 5.24. The molecule has 2 aliphatic rings. The highest BCUT2D eigenvalue weighted by atomic mass is 32.1. The number of hydrogen-bond donors (Lipinski definition) is 0. The fourth-order valence-corrected chi connectivity index (χ4v) is 15.1. The summed E-state index contributed by atoms with van der Waals surface area (Å²) in [6.45, 7) is 0. The van der Waals surface area contributed by atoms with Crippen molar-refractivity contribution < 1.29 is 0 Å². The van der Waals surface area contributed by atoms with Gasteiger partial charge in [-0.15, -0.1) is 22.7 Å². The van der Waals surface area contributed by atoms with Gasteiger partial charge in [-0.05, 0) is 131 Å². The van der Waals surface area contributed by atoms with Crippen molar-refractivity contribution in [2.45, 2.75) is 76.0 Å². The maximum absolute atomic E-state index is 2.64. The van der Waals surface area contributed by atoms with Gasteiger partial charge < -0.3 is 9.80 Å². The van der Waals surface area contributed by atoms with Crippen molar-refractivity contribution in [1.82, 2.24) is 0 Å². The third-order valence-corrected chi connectivity index (χ3v) is 18.2. The smallest absolute Gasteiger partial charge is 0.0640 e. The molecule has 10 aromatic carbocycles. The van der Waals surface area contributed by atoms with E-state index in [9.17, 15) is 0 Å². The highest BCUT2D eigenvalue weighted by molar-refractivity contribution is 7.26. The molecule has 0 saturated heterocycles. The van der Waals surface area contributed by atoms with E-state index in [0.29, 0.717) is 11.8 Å². The number of fused-ring (bicyclic) bond motifs is 6. The molecule has 0 amide bonds. The highest BCUT2D eigenvalue weighted by Crippen LogP contribution is 2.55. The third kappa shape index (κ3) is 6.41. The van der Waals surface area contributed by atoms with Crippen LogP contribution in [0.2, 0.25) is 0 Å². The Kier molecular flexibility index (Phi) is 9.80. The van der Waals surface area contributed by atoms with Crippen LogP contribution in [-0.4, -0.2) is 0 Å². The number of nitrogens with zero attached hydrogens (tertiary/aromatic N) is 2. The van der Waals surface area contributed by atoms with Gasteiger partial charge in [-0.2, -0.15) is 0 Å². The largest absolute Gasteiger partial charge is 0.308 e. The van der Waals surface area contributed by atoms with Crippen LogP contribution >= 0.6 is 22.7 Å². The van der Waals surface area contributed by atoms with E-state index in [1.165, 1.54) is 182 Å². The summed E-state index contributed by atoms with van der Waals surface area (Å²) < 4.78 is 5.33. The normalized spacial score (nSPS) is 15.2. The number of para-hydroxylation sites is 2. The number of anilines is 6. The second-order valence-corrected chi connectivity index (χ2v) is 21.7. The van der Waals surface area contributed by atoms with Gasteiger partial charge in [-0.1, -0.05) is 160 Å². The fraction of sp³-hybridized carbons (Fsp3) is 0.188. The molecule has 330 valence electrons. The Morgan fingerprint density at radius 2 is 0.691 bits per heavy atom. The lowest BCUT2D eigenvalue weighted by Crippen LogP contribution is -2.14. The topological polar surface area (TPSA) is 6.48 Å². The van der Waals surface area contributed by atoms with Crippen LogP contribution in [0.4, 0.5) is 34.1 Å². The minimum Gasteiger partial charge on any atom is -0.308 e. The molecule has 2 aliphatic carbocycles. The lowest BCUT2D eigenvalue weighted by Gasteiger charge is -2.33. The summed E-state index contributed by atoms with van der Waals surface area (Å²) in [6, 6.07) is 69.6. The van der Waals surface area contributed by atoms with E-state index < -0.39 is 0 Å². The Morgan fingerprint density at radius 3 is 1.13 bits per heavy atom. The van der Waals surface area contributed by atoms with E-state index in [-0.39, 0.29) is 0 Å². The Bertz CT molecular complexity index is 3580. The maximum atomic E-state index is 2.64. The quantitative estimate of drug-likeness (QED) is 0.140. The summed E-state index contributed by atoms with van der Waals surface area (Å²) in [7, 11) is 0. The van der Waals surface area contributed by atoms with Gasteiger partial charge in [-0.25, -0.2) is 0 Å². The van der Waals surface area contributed by atoms with E-state index in [0.717, 1.165) is 0 Å². The number of hydrogen-bond acceptors (Lipinski definition) is 4. The molecule has 0 aliphatic heterocycles. The van der Waals surface area contributed by atoms with Crippen LogP contribution in [0.25, 0.3) is 72.7 Å². The van der Waals surface area contributed by atoms with Gasteiger partial charge in [0.15, 0.2) is 0 Å². The monoisotopic (exact) mass is 912 g/mol. The zero-order valence-electron chi connectivity index (χ0n) is 38.3. The zero-order chi connectivity index (χ0) is 44.7. The van der Waals surface area contributed by atoms with Crippen LogP contribution < -0.4 is 9.80 Å². The van der Waals surface area contributed by atoms with E-state index in [2.05, 4.69) is 192 Å². The van der Waals surface area contributed by atoms with Gasteiger partial charge in [0.1, 0.15) is 0 Å². The predicted octanol–water partition coefficient (Wildman–Crippen LogP) is 20.4. The lowest BCUT2D eigenvalue weighted by atomic mass is 9.77. The average molecular weight is 913 g/mol. The van der Waals surface area contributed by atoms with Crippen LogP contribution in [0.3, 0.4) is 0 Å². The van der Waals surface area contributed by atoms with E-state index in [1.54, 1.807) is 0 Å². The molecule has 0 N–H and O–H groups in total. The first-order chi connectivity index (χ1) is 33.8. The molecule has 2 heterocycles. The number of thiophene rings is 2. The Morgan fingerprint density at radius 1 is 0.309 bits per heavy atom. The Hall–Kier alpha value is -6.72. The standard InChI is InChI=1S/C64H52N2S2/c1-5-19-41(20-6-1)53-39-57(65(43-23-9-3-10-24-43)55-31-17-29-49-45-27-13-15-33-59(45)67-63(49)55)51-38-36-48-54(42-21-7-2-8-22-42)40-58(52-37-35-47(53)61(51)62(48)52)66(44-25-11-4-12-26-44)56-32-18-30-50-46-28-14-16-34-60(46)68-64(50)56/h3-4,9-18,23-42H,1-2,5-8,19-22H2. The minimum atomic E-state index is 0.508. The predicted molar refractivity (Wildman–Crippen MR) is 297 cm³/mol. The van der Waals surface area contributed by atoms with Crippen molar-refractivity contribution in [2.75, 3.05) is 9.80 Å². The molecule has 0 radical (unpaired) electrons. The minimum absolute atomic E-state index is 0.508. The molecular weight excluding hydrogens is 861 g/mol. The Labute approximate surface area is 406 Å². The van der Waals surface area contributed by atoms with Gasteiger partial charge in [0, 0.05) is 53.1 Å². The summed E-state index contributed by atoms with van der Waals surface area (Å²) >= 11 is 3.85. The molecule has 0 unspecified atom stereocenters. The Balaban J connectivity index is 1.12. The molecule has 4 heteroatoms. The van der Waals surface area contributed by atoms with Gasteiger partial charge in [0.05, 0.1) is 32.1 Å². The van der Waals surface area contributed by atoms with E-state index in [4.69, 9.17) is 0 Å². The summed E-state index contributed by atoms with van der Waals surface area (Å²) in [5.41, 5.74) is 10.5.